The van der Waals surface area contributed by atoms with Crippen molar-refractivity contribution in [3.05, 3.63) is 73.3 Å². The molecule has 4 aromatic rings. The number of rotatable bonds is 5. The van der Waals surface area contributed by atoms with E-state index in [-0.39, 0.29) is 17.5 Å². The number of aryl methyl sites for hydroxylation is 2. The van der Waals surface area contributed by atoms with E-state index in [0.29, 0.717) is 34.2 Å². The Labute approximate surface area is 235 Å². The van der Waals surface area contributed by atoms with Crippen LogP contribution >= 0.6 is 31.9 Å². The van der Waals surface area contributed by atoms with Crippen LogP contribution in [0.5, 0.6) is 0 Å². The van der Waals surface area contributed by atoms with Gasteiger partial charge >= 0.3 is 5.69 Å². The molecule has 0 aliphatic carbocycles. The SMILES string of the molecule is Cn1c(=O)n(C)c2cc(C(=O)NC(C)(C)c3cn(C4CCCN(c5ccc(Br)cc5)C4=O)nn3)c(Br)cc21. The van der Waals surface area contributed by atoms with E-state index in [9.17, 15) is 14.4 Å². The first kappa shape index (κ1) is 26.4. The normalized spacial score (nSPS) is 16.3. The number of carbonyl (C=O) groups is 2. The molecule has 1 aliphatic rings. The van der Waals surface area contributed by atoms with Crippen LogP contribution in [0.3, 0.4) is 0 Å². The highest BCUT2D eigenvalue weighted by atomic mass is 79.9. The molecule has 3 heterocycles. The zero-order valence-electron chi connectivity index (χ0n) is 21.4. The lowest BCUT2D eigenvalue weighted by atomic mass is 10.00. The fraction of sp³-hybridized carbons (Fsp3) is 0.346. The van der Waals surface area contributed by atoms with Gasteiger partial charge in [-0.3, -0.25) is 18.7 Å². The molecule has 38 heavy (non-hydrogen) atoms. The molecule has 12 heteroatoms. The van der Waals surface area contributed by atoms with Crippen molar-refractivity contribution >= 4 is 60.4 Å². The van der Waals surface area contributed by atoms with Crippen molar-refractivity contribution in [2.24, 2.45) is 14.1 Å². The summed E-state index contributed by atoms with van der Waals surface area (Å²) in [6.07, 6.45) is 3.22. The van der Waals surface area contributed by atoms with Gasteiger partial charge in [0.25, 0.3) is 11.8 Å². The lowest BCUT2D eigenvalue weighted by molar-refractivity contribution is -0.123. The third kappa shape index (κ3) is 4.60. The number of anilines is 1. The lowest BCUT2D eigenvalue weighted by Crippen LogP contribution is -2.43. The monoisotopic (exact) mass is 643 g/mol. The van der Waals surface area contributed by atoms with E-state index in [1.807, 2.05) is 38.1 Å². The molecule has 2 aromatic heterocycles. The van der Waals surface area contributed by atoms with Gasteiger partial charge < -0.3 is 10.2 Å². The minimum atomic E-state index is -0.880. The highest BCUT2D eigenvalue weighted by molar-refractivity contribution is 9.10. The molecule has 2 amide bonds. The van der Waals surface area contributed by atoms with Crippen LogP contribution in [-0.2, 0) is 24.4 Å². The Balaban J connectivity index is 1.37. The minimum absolute atomic E-state index is 0.0393. The highest BCUT2D eigenvalue weighted by Crippen LogP contribution is 2.30. The molecule has 2 aromatic carbocycles. The van der Waals surface area contributed by atoms with Gasteiger partial charge in [0, 0.05) is 35.3 Å². The van der Waals surface area contributed by atoms with E-state index < -0.39 is 11.6 Å². The molecule has 1 unspecified atom stereocenters. The van der Waals surface area contributed by atoms with Crippen molar-refractivity contribution < 1.29 is 9.59 Å². The second-order valence-electron chi connectivity index (χ2n) is 10.0. The van der Waals surface area contributed by atoms with E-state index in [2.05, 4.69) is 47.5 Å². The first-order chi connectivity index (χ1) is 18.0. The molecule has 1 saturated heterocycles. The fourth-order valence-corrected chi connectivity index (χ4v) is 5.58. The predicted octanol–water partition coefficient (Wildman–Crippen LogP) is 4.03. The number of nitrogens with one attached hydrogen (secondary N) is 1. The Bertz CT molecular complexity index is 1620. The molecule has 10 nitrogen and oxygen atoms in total. The molecule has 0 radical (unpaired) electrons. The molecule has 1 atom stereocenters. The smallest absolute Gasteiger partial charge is 0.328 e. The Morgan fingerprint density at radius 1 is 1.05 bits per heavy atom. The average Bonchev–Trinajstić information content (AvgIpc) is 3.45. The fourth-order valence-electron chi connectivity index (χ4n) is 4.80. The van der Waals surface area contributed by atoms with Crippen LogP contribution in [0.25, 0.3) is 11.0 Å². The first-order valence-corrected chi connectivity index (χ1v) is 13.7. The summed E-state index contributed by atoms with van der Waals surface area (Å²) in [6, 6.07) is 10.6. The molecule has 0 saturated carbocycles. The first-order valence-electron chi connectivity index (χ1n) is 12.1. The summed E-state index contributed by atoms with van der Waals surface area (Å²) >= 11 is 6.91. The Morgan fingerprint density at radius 2 is 1.71 bits per heavy atom. The van der Waals surface area contributed by atoms with Gasteiger partial charge in [0.2, 0.25) is 0 Å². The van der Waals surface area contributed by atoms with Crippen LogP contribution in [0.2, 0.25) is 0 Å². The predicted molar refractivity (Wildman–Crippen MR) is 151 cm³/mol. The number of carbonyl (C=O) groups excluding carboxylic acids is 2. The van der Waals surface area contributed by atoms with Gasteiger partial charge in [-0.25, -0.2) is 9.48 Å². The van der Waals surface area contributed by atoms with E-state index in [0.717, 1.165) is 22.1 Å². The lowest BCUT2D eigenvalue weighted by Gasteiger charge is -2.32. The van der Waals surface area contributed by atoms with Crippen LogP contribution in [0.1, 0.15) is 48.8 Å². The molecule has 5 rings (SSSR count). The quantitative estimate of drug-likeness (QED) is 0.353. The van der Waals surface area contributed by atoms with Crippen molar-refractivity contribution in [2.75, 3.05) is 11.4 Å². The van der Waals surface area contributed by atoms with Crippen LogP contribution in [0.4, 0.5) is 5.69 Å². The largest absolute Gasteiger partial charge is 0.341 e. The zero-order valence-corrected chi connectivity index (χ0v) is 24.6. The summed E-state index contributed by atoms with van der Waals surface area (Å²) in [5.41, 5.74) is 2.09. The highest BCUT2D eigenvalue weighted by Gasteiger charge is 2.34. The Hall–Kier alpha value is -3.25. The molecule has 1 aliphatic heterocycles. The van der Waals surface area contributed by atoms with Gasteiger partial charge in [0.15, 0.2) is 0 Å². The topological polar surface area (TPSA) is 107 Å². The van der Waals surface area contributed by atoms with Crippen LogP contribution < -0.4 is 15.9 Å². The summed E-state index contributed by atoms with van der Waals surface area (Å²) in [7, 11) is 3.37. The third-order valence-electron chi connectivity index (χ3n) is 7.05. The van der Waals surface area contributed by atoms with Gasteiger partial charge in [-0.2, -0.15) is 0 Å². The summed E-state index contributed by atoms with van der Waals surface area (Å²) in [6.45, 7) is 4.31. The van der Waals surface area contributed by atoms with E-state index in [1.165, 1.54) is 9.13 Å². The average molecular weight is 645 g/mol. The summed E-state index contributed by atoms with van der Waals surface area (Å²) in [5.74, 6) is -0.368. The number of fused-ring (bicyclic) bond motifs is 1. The molecule has 198 valence electrons. The molecular formula is C26H27Br2N7O3. The summed E-state index contributed by atoms with van der Waals surface area (Å²) in [5, 5.41) is 11.6. The molecule has 1 fully saturated rings. The number of piperidine rings is 1. The van der Waals surface area contributed by atoms with E-state index in [4.69, 9.17) is 0 Å². The third-order valence-corrected chi connectivity index (χ3v) is 8.23. The van der Waals surface area contributed by atoms with Gasteiger partial charge in [-0.05, 0) is 79.0 Å². The number of aromatic nitrogens is 5. The van der Waals surface area contributed by atoms with E-state index >= 15 is 0 Å². The number of hydrogen-bond donors (Lipinski definition) is 1. The Kier molecular flexibility index (Phi) is 6.80. The maximum Gasteiger partial charge on any atom is 0.328 e. The maximum absolute atomic E-state index is 13.4. The number of imidazole rings is 1. The van der Waals surface area contributed by atoms with Gasteiger partial charge in [0.05, 0.1) is 28.3 Å². The molecule has 0 bridgehead atoms. The number of benzene rings is 2. The Morgan fingerprint density at radius 3 is 2.39 bits per heavy atom. The standard InChI is InChI=1S/C26H27Br2N7O3/c1-26(2,29-23(36)17-12-20-21(13-18(17)28)33(4)25(38)32(20)3)22-14-35(31-30-22)19-6-5-11-34(24(19)37)16-9-7-15(27)8-10-16/h7-10,12-14,19H,5-6,11H2,1-4H3,(H,29,36). The van der Waals surface area contributed by atoms with Crippen molar-refractivity contribution in [3.8, 4) is 0 Å². The number of amides is 2. The molecule has 0 spiro atoms. The van der Waals surface area contributed by atoms with Crippen LogP contribution in [-0.4, -0.2) is 42.5 Å². The van der Waals surface area contributed by atoms with Crippen molar-refractivity contribution in [1.29, 1.82) is 0 Å². The summed E-state index contributed by atoms with van der Waals surface area (Å²) < 4.78 is 6.16. The number of hydrogen-bond acceptors (Lipinski definition) is 5. The zero-order chi connectivity index (χ0) is 27.4. The van der Waals surface area contributed by atoms with Gasteiger partial charge in [-0.15, -0.1) is 5.10 Å². The molecular weight excluding hydrogens is 618 g/mol. The van der Waals surface area contributed by atoms with Gasteiger partial charge in [-0.1, -0.05) is 21.1 Å². The van der Waals surface area contributed by atoms with Crippen LogP contribution in [0, 0.1) is 0 Å². The van der Waals surface area contributed by atoms with Crippen LogP contribution in [0.15, 0.2) is 56.3 Å². The van der Waals surface area contributed by atoms with Crippen molar-refractivity contribution in [3.63, 3.8) is 0 Å². The van der Waals surface area contributed by atoms with Crippen molar-refractivity contribution in [2.45, 2.75) is 38.3 Å². The second kappa shape index (κ2) is 9.81. The number of nitrogens with zero attached hydrogens (tertiary/aromatic N) is 6. The minimum Gasteiger partial charge on any atom is -0.341 e. The molecule has 1 N–H and O–H groups in total. The van der Waals surface area contributed by atoms with Crippen molar-refractivity contribution in [1.82, 2.24) is 29.4 Å². The second-order valence-corrected chi connectivity index (χ2v) is 11.8. The summed E-state index contributed by atoms with van der Waals surface area (Å²) in [4.78, 5) is 40.8. The number of halogens is 2. The van der Waals surface area contributed by atoms with Gasteiger partial charge in [0.1, 0.15) is 11.7 Å². The van der Waals surface area contributed by atoms with E-state index in [1.54, 1.807) is 42.0 Å². The maximum atomic E-state index is 13.4.